The maximum Gasteiger partial charge on any atom is 0.343 e. The van der Waals surface area contributed by atoms with E-state index in [1.807, 2.05) is 10.6 Å². The predicted octanol–water partition coefficient (Wildman–Crippen LogP) is 4.22. The number of aromatic nitrogens is 1. The molecular formula is C20H22BrNO4. The molecule has 0 saturated carbocycles. The van der Waals surface area contributed by atoms with Gasteiger partial charge in [0, 0.05) is 23.9 Å². The van der Waals surface area contributed by atoms with Crippen molar-refractivity contribution in [1.82, 2.24) is 4.57 Å². The first-order valence-corrected chi connectivity index (χ1v) is 9.46. The lowest BCUT2D eigenvalue weighted by molar-refractivity contribution is 0.0523. The van der Waals surface area contributed by atoms with E-state index in [1.54, 1.807) is 20.2 Å². The topological polar surface area (TPSA) is 57.5 Å². The number of rotatable bonds is 4. The fraction of sp³-hybridized carbons (Fsp3) is 0.400. The van der Waals surface area contributed by atoms with Crippen LogP contribution in [0.2, 0.25) is 0 Å². The highest BCUT2D eigenvalue weighted by atomic mass is 79.9. The Hall–Kier alpha value is -2.08. The van der Waals surface area contributed by atoms with Crippen LogP contribution in [0.1, 0.15) is 42.7 Å². The van der Waals surface area contributed by atoms with E-state index in [0.717, 1.165) is 27.7 Å². The molecule has 1 aromatic heterocycles. The number of nitrogens with zero attached hydrogens (tertiary/aromatic N) is 1. The molecule has 138 valence electrons. The van der Waals surface area contributed by atoms with Gasteiger partial charge in [-0.15, -0.1) is 0 Å². The normalized spacial score (nSPS) is 15.4. The Labute approximate surface area is 161 Å². The van der Waals surface area contributed by atoms with E-state index in [0.29, 0.717) is 11.7 Å². The molecule has 0 spiro atoms. The summed E-state index contributed by atoms with van der Waals surface area (Å²) in [6.07, 6.45) is 2.46. The first kappa shape index (κ1) is 18.7. The molecule has 1 atom stereocenters. The number of carbonyl (C=O) groups excluding carboxylic acids is 1. The standard InChI is InChI=1S/C20H22BrNO4/c1-5-26-20(24)14-10-22-16(11(2)3)7-12-6-15(21)19(25-4)8-13(12)17(22)9-18(14)23/h6,8-11,16H,5,7H2,1-4H3. The molecule has 0 aliphatic carbocycles. The third-order valence-electron chi connectivity index (χ3n) is 4.78. The molecule has 2 aromatic rings. The Balaban J connectivity index is 2.25. The molecule has 0 bridgehead atoms. The average molecular weight is 420 g/mol. The number of methoxy groups -OCH3 is 1. The van der Waals surface area contributed by atoms with E-state index < -0.39 is 5.97 Å². The minimum absolute atomic E-state index is 0.0776. The number of fused-ring (bicyclic) bond motifs is 3. The number of hydrogen-bond acceptors (Lipinski definition) is 4. The van der Waals surface area contributed by atoms with Gasteiger partial charge >= 0.3 is 5.97 Å². The molecule has 1 aliphatic rings. The van der Waals surface area contributed by atoms with E-state index >= 15 is 0 Å². The van der Waals surface area contributed by atoms with Gasteiger partial charge in [0.2, 0.25) is 0 Å². The minimum atomic E-state index is -0.575. The maximum absolute atomic E-state index is 12.6. The largest absolute Gasteiger partial charge is 0.496 e. The van der Waals surface area contributed by atoms with Gasteiger partial charge in [0.25, 0.3) is 0 Å². The van der Waals surface area contributed by atoms with Crippen molar-refractivity contribution < 1.29 is 14.3 Å². The lowest BCUT2D eigenvalue weighted by atomic mass is 9.87. The summed E-state index contributed by atoms with van der Waals surface area (Å²) >= 11 is 3.54. The summed E-state index contributed by atoms with van der Waals surface area (Å²) in [5, 5.41) is 0. The first-order chi connectivity index (χ1) is 12.4. The van der Waals surface area contributed by atoms with Gasteiger partial charge in [0.15, 0.2) is 5.43 Å². The Bertz CT molecular complexity index is 917. The van der Waals surface area contributed by atoms with Gasteiger partial charge in [0.1, 0.15) is 11.3 Å². The summed E-state index contributed by atoms with van der Waals surface area (Å²) in [6.45, 7) is 6.24. The molecule has 5 nitrogen and oxygen atoms in total. The Morgan fingerprint density at radius 3 is 2.69 bits per heavy atom. The summed E-state index contributed by atoms with van der Waals surface area (Å²) in [7, 11) is 1.61. The molecule has 0 fully saturated rings. The second kappa shape index (κ2) is 7.27. The van der Waals surface area contributed by atoms with Crippen LogP contribution < -0.4 is 10.2 Å². The van der Waals surface area contributed by atoms with Crippen LogP contribution >= 0.6 is 15.9 Å². The SMILES string of the molecule is CCOC(=O)c1cn2c(cc1=O)-c1cc(OC)c(Br)cc1CC2C(C)C. The number of benzene rings is 1. The monoisotopic (exact) mass is 419 g/mol. The molecule has 3 rings (SSSR count). The summed E-state index contributed by atoms with van der Waals surface area (Å²) < 4.78 is 13.4. The van der Waals surface area contributed by atoms with E-state index in [-0.39, 0.29) is 23.6 Å². The number of carbonyl (C=O) groups is 1. The van der Waals surface area contributed by atoms with Gasteiger partial charge in [-0.25, -0.2) is 4.79 Å². The fourth-order valence-electron chi connectivity index (χ4n) is 3.44. The summed E-state index contributed by atoms with van der Waals surface area (Å²) in [6, 6.07) is 5.67. The van der Waals surface area contributed by atoms with E-state index in [9.17, 15) is 9.59 Å². The highest BCUT2D eigenvalue weighted by Gasteiger charge is 2.29. The van der Waals surface area contributed by atoms with Crippen LogP contribution in [0.15, 0.2) is 33.7 Å². The van der Waals surface area contributed by atoms with Crippen LogP contribution in [0.25, 0.3) is 11.3 Å². The molecule has 0 N–H and O–H groups in total. The second-order valence-electron chi connectivity index (χ2n) is 6.72. The van der Waals surface area contributed by atoms with Crippen molar-refractivity contribution in [2.24, 2.45) is 5.92 Å². The average Bonchev–Trinajstić information content (AvgIpc) is 2.59. The van der Waals surface area contributed by atoms with Crippen LogP contribution in [-0.2, 0) is 11.2 Å². The van der Waals surface area contributed by atoms with Crippen molar-refractivity contribution in [1.29, 1.82) is 0 Å². The van der Waals surface area contributed by atoms with E-state index in [2.05, 4.69) is 35.8 Å². The molecule has 0 amide bonds. The second-order valence-corrected chi connectivity index (χ2v) is 7.58. The Morgan fingerprint density at radius 2 is 2.08 bits per heavy atom. The van der Waals surface area contributed by atoms with Gasteiger partial charge < -0.3 is 14.0 Å². The molecule has 1 unspecified atom stereocenters. The zero-order valence-corrected chi connectivity index (χ0v) is 16.9. The number of ether oxygens (including phenoxy) is 2. The number of halogens is 1. The molecule has 0 radical (unpaired) electrons. The highest BCUT2D eigenvalue weighted by Crippen LogP contribution is 2.41. The van der Waals surface area contributed by atoms with Crippen molar-refractivity contribution in [3.8, 4) is 17.0 Å². The van der Waals surface area contributed by atoms with Crippen LogP contribution in [-0.4, -0.2) is 24.3 Å². The van der Waals surface area contributed by atoms with Gasteiger partial charge in [-0.1, -0.05) is 13.8 Å². The lowest BCUT2D eigenvalue weighted by Crippen LogP contribution is -2.28. The predicted molar refractivity (Wildman–Crippen MR) is 104 cm³/mol. The fourth-order valence-corrected chi connectivity index (χ4v) is 3.99. The zero-order valence-electron chi connectivity index (χ0n) is 15.3. The Kier molecular flexibility index (Phi) is 5.23. The molecule has 6 heteroatoms. The van der Waals surface area contributed by atoms with Gasteiger partial charge in [-0.3, -0.25) is 4.79 Å². The quantitative estimate of drug-likeness (QED) is 0.696. The molecule has 0 saturated heterocycles. The van der Waals surface area contributed by atoms with Crippen molar-refractivity contribution in [2.75, 3.05) is 13.7 Å². The highest BCUT2D eigenvalue weighted by molar-refractivity contribution is 9.10. The van der Waals surface area contributed by atoms with Crippen molar-refractivity contribution >= 4 is 21.9 Å². The van der Waals surface area contributed by atoms with Crippen molar-refractivity contribution in [3.63, 3.8) is 0 Å². The lowest BCUT2D eigenvalue weighted by Gasteiger charge is -2.33. The van der Waals surface area contributed by atoms with Gasteiger partial charge in [-0.2, -0.15) is 0 Å². The van der Waals surface area contributed by atoms with E-state index in [4.69, 9.17) is 9.47 Å². The zero-order chi connectivity index (χ0) is 19.0. The molecule has 26 heavy (non-hydrogen) atoms. The smallest absolute Gasteiger partial charge is 0.343 e. The van der Waals surface area contributed by atoms with E-state index in [1.165, 1.54) is 6.07 Å². The van der Waals surface area contributed by atoms with Crippen LogP contribution in [0.3, 0.4) is 0 Å². The Morgan fingerprint density at radius 1 is 1.35 bits per heavy atom. The molecule has 1 aliphatic heterocycles. The number of esters is 1. The van der Waals surface area contributed by atoms with Crippen LogP contribution in [0, 0.1) is 5.92 Å². The molecule has 2 heterocycles. The van der Waals surface area contributed by atoms with Gasteiger partial charge in [0.05, 0.1) is 23.9 Å². The minimum Gasteiger partial charge on any atom is -0.496 e. The maximum atomic E-state index is 12.6. The number of pyridine rings is 1. The summed E-state index contributed by atoms with van der Waals surface area (Å²) in [4.78, 5) is 24.7. The summed E-state index contributed by atoms with van der Waals surface area (Å²) in [5.41, 5.74) is 2.66. The summed E-state index contributed by atoms with van der Waals surface area (Å²) in [5.74, 6) is 0.468. The third kappa shape index (κ3) is 3.18. The van der Waals surface area contributed by atoms with Gasteiger partial charge in [-0.05, 0) is 52.9 Å². The first-order valence-electron chi connectivity index (χ1n) is 8.67. The molecular weight excluding hydrogens is 398 g/mol. The molecule has 1 aromatic carbocycles. The number of hydrogen-bond donors (Lipinski definition) is 0. The van der Waals surface area contributed by atoms with Crippen LogP contribution in [0.5, 0.6) is 5.75 Å². The van der Waals surface area contributed by atoms with Crippen molar-refractivity contribution in [2.45, 2.75) is 33.2 Å². The van der Waals surface area contributed by atoms with Crippen molar-refractivity contribution in [3.05, 3.63) is 50.2 Å². The third-order valence-corrected chi connectivity index (χ3v) is 5.40. The van der Waals surface area contributed by atoms with Crippen LogP contribution in [0.4, 0.5) is 0 Å².